The molecule has 16 heavy (non-hydrogen) atoms. The summed E-state index contributed by atoms with van der Waals surface area (Å²) in [6.07, 6.45) is 2.10. The number of hydrogen-bond acceptors (Lipinski definition) is 4. The number of hydrogen-bond donors (Lipinski definition) is 2. The molecule has 0 aliphatic carbocycles. The van der Waals surface area contributed by atoms with Crippen LogP contribution in [0.1, 0.15) is 6.42 Å². The number of nitrogens with two attached hydrogens (primary N) is 1. The van der Waals surface area contributed by atoms with Crippen LogP contribution in [-0.4, -0.2) is 31.5 Å². The Morgan fingerprint density at radius 2 is 2.38 bits per heavy atom. The molecule has 0 saturated carbocycles. The first-order valence-corrected chi connectivity index (χ1v) is 5.66. The van der Waals surface area contributed by atoms with E-state index < -0.39 is 0 Å². The van der Waals surface area contributed by atoms with E-state index in [4.69, 9.17) is 5.73 Å². The van der Waals surface area contributed by atoms with E-state index in [1.54, 1.807) is 19.3 Å². The van der Waals surface area contributed by atoms with Gasteiger partial charge in [0.15, 0.2) is 5.82 Å². The number of halogens is 1. The molecule has 1 aromatic heterocycles. The summed E-state index contributed by atoms with van der Waals surface area (Å²) < 4.78 is 0.841. The van der Waals surface area contributed by atoms with Crippen molar-refractivity contribution < 1.29 is 4.79 Å². The Bertz CT molecular complexity index is 383. The van der Waals surface area contributed by atoms with Crippen molar-refractivity contribution >= 4 is 33.3 Å². The third-order valence-corrected chi connectivity index (χ3v) is 2.61. The number of carbonyl (C=O) groups is 1. The lowest BCUT2D eigenvalue weighted by molar-refractivity contribution is -0.120. The predicted molar refractivity (Wildman–Crippen MR) is 68.3 cm³/mol. The molecule has 0 aliphatic rings. The molecule has 1 amide bonds. The van der Waals surface area contributed by atoms with Gasteiger partial charge in [-0.15, -0.1) is 0 Å². The van der Waals surface area contributed by atoms with Crippen LogP contribution in [0.15, 0.2) is 16.7 Å². The van der Waals surface area contributed by atoms with Crippen LogP contribution in [0.3, 0.4) is 0 Å². The minimum absolute atomic E-state index is 0.00235. The highest BCUT2D eigenvalue weighted by Crippen LogP contribution is 2.22. The van der Waals surface area contributed by atoms with E-state index in [0.29, 0.717) is 24.5 Å². The number of rotatable bonds is 4. The van der Waals surface area contributed by atoms with Crippen LogP contribution in [0.5, 0.6) is 0 Å². The van der Waals surface area contributed by atoms with E-state index in [9.17, 15) is 4.79 Å². The van der Waals surface area contributed by atoms with Crippen LogP contribution in [0.2, 0.25) is 0 Å². The third-order valence-electron chi connectivity index (χ3n) is 2.18. The van der Waals surface area contributed by atoms with E-state index in [-0.39, 0.29) is 5.91 Å². The van der Waals surface area contributed by atoms with Crippen LogP contribution in [0.25, 0.3) is 0 Å². The Labute approximate surface area is 103 Å². The summed E-state index contributed by atoms with van der Waals surface area (Å²) in [7, 11) is 3.48. The molecule has 0 saturated heterocycles. The van der Waals surface area contributed by atoms with Gasteiger partial charge in [0.2, 0.25) is 5.91 Å². The minimum atomic E-state index is 0.00235. The van der Waals surface area contributed by atoms with E-state index in [0.717, 1.165) is 4.47 Å². The normalized spacial score (nSPS) is 9.94. The zero-order valence-corrected chi connectivity index (χ0v) is 10.9. The fraction of sp³-hybridized carbons (Fsp3) is 0.400. The largest absolute Gasteiger partial charge is 0.396 e. The molecule has 88 valence electrons. The topological polar surface area (TPSA) is 71.2 Å². The first-order valence-electron chi connectivity index (χ1n) is 4.87. The molecular weight excluding hydrogens is 272 g/mol. The van der Waals surface area contributed by atoms with Crippen molar-refractivity contribution in [2.45, 2.75) is 6.42 Å². The number of aromatic nitrogens is 1. The highest BCUT2D eigenvalue weighted by molar-refractivity contribution is 9.10. The van der Waals surface area contributed by atoms with Crippen LogP contribution >= 0.6 is 15.9 Å². The van der Waals surface area contributed by atoms with Crippen molar-refractivity contribution in [3.05, 3.63) is 16.7 Å². The van der Waals surface area contributed by atoms with Gasteiger partial charge in [-0.05, 0) is 22.0 Å². The fourth-order valence-corrected chi connectivity index (χ4v) is 1.62. The molecule has 0 radical (unpaired) electrons. The van der Waals surface area contributed by atoms with Gasteiger partial charge in [0, 0.05) is 37.7 Å². The number of nitrogens with zero attached hydrogens (tertiary/aromatic N) is 2. The zero-order chi connectivity index (χ0) is 12.1. The maximum Gasteiger partial charge on any atom is 0.221 e. The molecular formula is C10H15BrN4O. The summed E-state index contributed by atoms with van der Waals surface area (Å²) in [5.41, 5.74) is 6.42. The quantitative estimate of drug-likeness (QED) is 0.866. The standard InChI is InChI=1S/C10H15BrN4O/c1-13-9(16)3-4-15(2)10-8(12)5-7(11)6-14-10/h5-6H,3-4,12H2,1-2H3,(H,13,16). The first-order chi connectivity index (χ1) is 7.54. The Balaban J connectivity index is 2.65. The summed E-state index contributed by atoms with van der Waals surface area (Å²) in [5.74, 6) is 0.689. The summed E-state index contributed by atoms with van der Waals surface area (Å²) >= 11 is 3.29. The number of amides is 1. The predicted octanol–water partition coefficient (Wildman–Crippen LogP) is 0.999. The summed E-state index contributed by atoms with van der Waals surface area (Å²) in [6, 6.07) is 1.79. The third kappa shape index (κ3) is 3.37. The van der Waals surface area contributed by atoms with Crippen molar-refractivity contribution in [2.75, 3.05) is 31.3 Å². The number of nitrogens with one attached hydrogen (secondary N) is 1. The average Bonchev–Trinajstić information content (AvgIpc) is 2.25. The van der Waals surface area contributed by atoms with Gasteiger partial charge in [0.25, 0.3) is 0 Å². The van der Waals surface area contributed by atoms with Crippen molar-refractivity contribution in [1.29, 1.82) is 0 Å². The molecule has 1 heterocycles. The van der Waals surface area contributed by atoms with Gasteiger partial charge in [-0.2, -0.15) is 0 Å². The van der Waals surface area contributed by atoms with Gasteiger partial charge in [0.1, 0.15) is 0 Å². The number of nitrogen functional groups attached to an aromatic ring is 1. The van der Waals surface area contributed by atoms with E-state index in [1.165, 1.54) is 0 Å². The maximum atomic E-state index is 11.1. The van der Waals surface area contributed by atoms with Crippen molar-refractivity contribution in [3.8, 4) is 0 Å². The highest BCUT2D eigenvalue weighted by atomic mass is 79.9. The van der Waals surface area contributed by atoms with Crippen LogP contribution in [0, 0.1) is 0 Å². The molecule has 0 aromatic carbocycles. The Morgan fingerprint density at radius 3 is 2.94 bits per heavy atom. The van der Waals surface area contributed by atoms with E-state index >= 15 is 0 Å². The molecule has 1 rings (SSSR count). The van der Waals surface area contributed by atoms with Crippen molar-refractivity contribution in [3.63, 3.8) is 0 Å². The SMILES string of the molecule is CNC(=O)CCN(C)c1ncc(Br)cc1N. The Morgan fingerprint density at radius 1 is 1.69 bits per heavy atom. The van der Waals surface area contributed by atoms with Crippen LogP contribution in [-0.2, 0) is 4.79 Å². The summed E-state index contributed by atoms with van der Waals surface area (Å²) in [4.78, 5) is 17.2. The van der Waals surface area contributed by atoms with Gasteiger partial charge in [-0.1, -0.05) is 0 Å². The molecule has 1 aromatic rings. The second kappa shape index (κ2) is 5.69. The van der Waals surface area contributed by atoms with Crippen molar-refractivity contribution in [1.82, 2.24) is 10.3 Å². The highest BCUT2D eigenvalue weighted by Gasteiger charge is 2.08. The molecule has 0 bridgehead atoms. The minimum Gasteiger partial charge on any atom is -0.396 e. The molecule has 0 aliphatic heterocycles. The van der Waals surface area contributed by atoms with Gasteiger partial charge in [0.05, 0.1) is 5.69 Å². The Kier molecular flexibility index (Phi) is 4.54. The van der Waals surface area contributed by atoms with Crippen LogP contribution < -0.4 is 16.0 Å². The number of anilines is 2. The summed E-state index contributed by atoms with van der Waals surface area (Å²) in [5, 5.41) is 2.57. The second-order valence-electron chi connectivity index (χ2n) is 3.41. The maximum absolute atomic E-state index is 11.1. The average molecular weight is 287 g/mol. The van der Waals surface area contributed by atoms with Crippen molar-refractivity contribution in [2.24, 2.45) is 0 Å². The number of carbonyl (C=O) groups excluding carboxylic acids is 1. The summed E-state index contributed by atoms with van der Waals surface area (Å²) in [6.45, 7) is 0.582. The molecule has 6 heteroatoms. The Hall–Kier alpha value is -1.30. The fourth-order valence-electron chi connectivity index (χ4n) is 1.27. The first kappa shape index (κ1) is 12.8. The molecule has 5 nitrogen and oxygen atoms in total. The number of pyridine rings is 1. The van der Waals surface area contributed by atoms with Gasteiger partial charge in [-0.25, -0.2) is 4.98 Å². The molecule has 0 fully saturated rings. The smallest absolute Gasteiger partial charge is 0.221 e. The van der Waals surface area contributed by atoms with E-state index in [2.05, 4.69) is 26.2 Å². The lowest BCUT2D eigenvalue weighted by atomic mass is 10.3. The van der Waals surface area contributed by atoms with Gasteiger partial charge >= 0.3 is 0 Å². The molecule has 3 N–H and O–H groups in total. The monoisotopic (exact) mass is 286 g/mol. The molecule has 0 unspecified atom stereocenters. The second-order valence-corrected chi connectivity index (χ2v) is 4.33. The van der Waals surface area contributed by atoms with Gasteiger partial charge < -0.3 is 16.0 Å². The lowest BCUT2D eigenvalue weighted by Gasteiger charge is -2.19. The van der Waals surface area contributed by atoms with Crippen LogP contribution in [0.4, 0.5) is 11.5 Å². The molecule has 0 spiro atoms. The molecule has 0 atom stereocenters. The van der Waals surface area contributed by atoms with Gasteiger partial charge in [-0.3, -0.25) is 4.79 Å². The van der Waals surface area contributed by atoms with E-state index in [1.807, 2.05) is 11.9 Å². The lowest BCUT2D eigenvalue weighted by Crippen LogP contribution is -2.27. The zero-order valence-electron chi connectivity index (χ0n) is 9.33.